The first-order chi connectivity index (χ1) is 8.06. The second-order valence-corrected chi connectivity index (χ2v) is 4.62. The van der Waals surface area contributed by atoms with Crippen LogP contribution in [0.4, 0.5) is 0 Å². The Morgan fingerprint density at radius 2 is 1.88 bits per heavy atom. The fourth-order valence-electron chi connectivity index (χ4n) is 1.57. The monoisotopic (exact) mass is 250 g/mol. The van der Waals surface area contributed by atoms with Crippen LogP contribution in [0.5, 0.6) is 5.88 Å². The Morgan fingerprint density at radius 3 is 2.47 bits per heavy atom. The predicted octanol–water partition coefficient (Wildman–Crippen LogP) is 3.62. The van der Waals surface area contributed by atoms with Gasteiger partial charge in [0.25, 0.3) is 0 Å². The van der Waals surface area contributed by atoms with Crippen molar-refractivity contribution in [3.63, 3.8) is 0 Å². The van der Waals surface area contributed by atoms with E-state index in [2.05, 4.69) is 5.10 Å². The van der Waals surface area contributed by atoms with Gasteiger partial charge < -0.3 is 4.74 Å². The Balaban J connectivity index is 2.40. The summed E-state index contributed by atoms with van der Waals surface area (Å²) in [7, 11) is 0. The third-order valence-corrected chi connectivity index (χ3v) is 2.48. The largest absolute Gasteiger partial charge is 0.475 e. The summed E-state index contributed by atoms with van der Waals surface area (Å²) in [5, 5.41) is 5.12. The smallest absolute Gasteiger partial charge is 0.217 e. The summed E-state index contributed by atoms with van der Waals surface area (Å²) in [5.74, 6) is 0.750. The number of aromatic nitrogens is 2. The minimum Gasteiger partial charge on any atom is -0.475 e. The molecule has 0 aliphatic carbocycles. The van der Waals surface area contributed by atoms with Gasteiger partial charge >= 0.3 is 0 Å². The van der Waals surface area contributed by atoms with Gasteiger partial charge in [0.1, 0.15) is 0 Å². The molecule has 0 aliphatic rings. The van der Waals surface area contributed by atoms with E-state index in [0.29, 0.717) is 5.02 Å². The first-order valence-electron chi connectivity index (χ1n) is 5.55. The Kier molecular flexibility index (Phi) is 3.38. The molecule has 0 radical (unpaired) electrons. The van der Waals surface area contributed by atoms with Crippen molar-refractivity contribution in [2.75, 3.05) is 0 Å². The zero-order valence-electron chi connectivity index (χ0n) is 10.1. The summed E-state index contributed by atoms with van der Waals surface area (Å²) >= 11 is 5.87. The summed E-state index contributed by atoms with van der Waals surface area (Å²) in [6, 6.07) is 9.44. The molecule has 0 fully saturated rings. The van der Waals surface area contributed by atoms with Gasteiger partial charge in [0.05, 0.1) is 17.5 Å². The van der Waals surface area contributed by atoms with Crippen LogP contribution in [0.1, 0.15) is 19.5 Å². The van der Waals surface area contributed by atoms with Gasteiger partial charge in [0, 0.05) is 11.1 Å². The number of rotatable bonds is 3. The summed E-state index contributed by atoms with van der Waals surface area (Å²) in [5.41, 5.74) is 1.87. The fraction of sp³-hybridized carbons (Fsp3) is 0.308. The highest BCUT2D eigenvalue weighted by atomic mass is 35.5. The highest BCUT2D eigenvalue weighted by Crippen LogP contribution is 2.21. The van der Waals surface area contributed by atoms with E-state index in [-0.39, 0.29) is 6.10 Å². The molecule has 0 bridgehead atoms. The van der Waals surface area contributed by atoms with Crippen molar-refractivity contribution in [1.29, 1.82) is 0 Å². The van der Waals surface area contributed by atoms with Crippen molar-refractivity contribution in [2.45, 2.75) is 26.9 Å². The van der Waals surface area contributed by atoms with Crippen molar-refractivity contribution in [3.05, 3.63) is 41.0 Å². The molecule has 0 atom stereocenters. The normalized spacial score (nSPS) is 10.9. The molecule has 0 aliphatic heterocycles. The number of halogens is 1. The van der Waals surface area contributed by atoms with Gasteiger partial charge in [-0.3, -0.25) is 0 Å². The molecule has 1 heterocycles. The molecule has 0 amide bonds. The van der Waals surface area contributed by atoms with Gasteiger partial charge in [0.2, 0.25) is 5.88 Å². The lowest BCUT2D eigenvalue weighted by Crippen LogP contribution is -2.09. The highest BCUT2D eigenvalue weighted by Gasteiger charge is 2.09. The van der Waals surface area contributed by atoms with Gasteiger partial charge in [-0.05, 0) is 45.0 Å². The summed E-state index contributed by atoms with van der Waals surface area (Å²) < 4.78 is 7.50. The third-order valence-electron chi connectivity index (χ3n) is 2.23. The van der Waals surface area contributed by atoms with Gasteiger partial charge in [-0.1, -0.05) is 11.6 Å². The van der Waals surface area contributed by atoms with Crippen molar-refractivity contribution in [3.8, 4) is 11.6 Å². The minimum absolute atomic E-state index is 0.122. The van der Waals surface area contributed by atoms with Crippen molar-refractivity contribution in [2.24, 2.45) is 0 Å². The van der Waals surface area contributed by atoms with E-state index in [0.717, 1.165) is 17.3 Å². The van der Waals surface area contributed by atoms with Crippen LogP contribution in [0.15, 0.2) is 30.3 Å². The Labute approximate surface area is 106 Å². The van der Waals surface area contributed by atoms with E-state index in [4.69, 9.17) is 16.3 Å². The zero-order valence-corrected chi connectivity index (χ0v) is 10.9. The quantitative estimate of drug-likeness (QED) is 0.832. The lowest BCUT2D eigenvalue weighted by molar-refractivity contribution is 0.226. The van der Waals surface area contributed by atoms with Crippen LogP contribution in [-0.4, -0.2) is 15.9 Å². The molecule has 0 saturated heterocycles. The van der Waals surface area contributed by atoms with Gasteiger partial charge in [-0.15, -0.1) is 0 Å². The third kappa shape index (κ3) is 2.80. The van der Waals surface area contributed by atoms with Crippen LogP contribution in [0, 0.1) is 6.92 Å². The second kappa shape index (κ2) is 4.80. The topological polar surface area (TPSA) is 27.1 Å². The summed E-state index contributed by atoms with van der Waals surface area (Å²) in [4.78, 5) is 0. The summed E-state index contributed by atoms with van der Waals surface area (Å²) in [6.07, 6.45) is 0.122. The maximum Gasteiger partial charge on any atom is 0.217 e. The first kappa shape index (κ1) is 12.0. The highest BCUT2D eigenvalue weighted by molar-refractivity contribution is 6.30. The first-order valence-corrected chi connectivity index (χ1v) is 5.93. The number of hydrogen-bond acceptors (Lipinski definition) is 2. The van der Waals surface area contributed by atoms with Crippen LogP contribution in [0.25, 0.3) is 5.69 Å². The number of nitrogens with zero attached hydrogens (tertiary/aromatic N) is 2. The molecule has 2 rings (SSSR count). The molecule has 1 aromatic carbocycles. The van der Waals surface area contributed by atoms with Crippen LogP contribution in [-0.2, 0) is 0 Å². The number of benzene rings is 1. The molecule has 0 N–H and O–H groups in total. The van der Waals surface area contributed by atoms with Crippen molar-refractivity contribution < 1.29 is 4.74 Å². The predicted molar refractivity (Wildman–Crippen MR) is 69.1 cm³/mol. The molecular formula is C13H15ClN2O. The fourth-order valence-corrected chi connectivity index (χ4v) is 1.69. The Hall–Kier alpha value is -1.48. The van der Waals surface area contributed by atoms with E-state index >= 15 is 0 Å². The lowest BCUT2D eigenvalue weighted by atomic mass is 10.3. The van der Waals surface area contributed by atoms with E-state index in [1.54, 1.807) is 4.68 Å². The Morgan fingerprint density at radius 1 is 1.24 bits per heavy atom. The number of aryl methyl sites for hydroxylation is 1. The maximum atomic E-state index is 5.87. The molecule has 4 heteroatoms. The molecule has 3 nitrogen and oxygen atoms in total. The van der Waals surface area contributed by atoms with E-state index in [1.807, 2.05) is 51.1 Å². The van der Waals surface area contributed by atoms with E-state index < -0.39 is 0 Å². The van der Waals surface area contributed by atoms with Crippen molar-refractivity contribution >= 4 is 11.6 Å². The van der Waals surface area contributed by atoms with Crippen molar-refractivity contribution in [1.82, 2.24) is 9.78 Å². The number of hydrogen-bond donors (Lipinski definition) is 0. The van der Waals surface area contributed by atoms with Gasteiger partial charge in [-0.2, -0.15) is 5.10 Å². The van der Waals surface area contributed by atoms with Crippen LogP contribution in [0.2, 0.25) is 5.02 Å². The molecule has 2 aromatic rings. The summed E-state index contributed by atoms with van der Waals surface area (Å²) in [6.45, 7) is 5.93. The van der Waals surface area contributed by atoms with Gasteiger partial charge in [0.15, 0.2) is 0 Å². The molecular weight excluding hydrogens is 236 g/mol. The average molecular weight is 251 g/mol. The molecule has 1 aromatic heterocycles. The molecule has 17 heavy (non-hydrogen) atoms. The molecule has 0 unspecified atom stereocenters. The minimum atomic E-state index is 0.122. The average Bonchev–Trinajstić information content (AvgIpc) is 2.59. The van der Waals surface area contributed by atoms with Crippen LogP contribution in [0.3, 0.4) is 0 Å². The second-order valence-electron chi connectivity index (χ2n) is 4.18. The maximum absolute atomic E-state index is 5.87. The molecule has 0 spiro atoms. The SMILES string of the molecule is Cc1cc(OC(C)C)n(-c2ccc(Cl)cc2)n1. The van der Waals surface area contributed by atoms with E-state index in [9.17, 15) is 0 Å². The zero-order chi connectivity index (χ0) is 12.4. The number of ether oxygens (including phenoxy) is 1. The van der Waals surface area contributed by atoms with E-state index in [1.165, 1.54) is 0 Å². The lowest BCUT2D eigenvalue weighted by Gasteiger charge is -2.11. The molecule has 90 valence electrons. The Bertz CT molecular complexity index is 503. The standard InChI is InChI=1S/C13H15ClN2O/c1-9(2)17-13-8-10(3)15-16(13)12-6-4-11(14)5-7-12/h4-9H,1-3H3. The van der Waals surface area contributed by atoms with Crippen LogP contribution >= 0.6 is 11.6 Å². The van der Waals surface area contributed by atoms with Crippen LogP contribution < -0.4 is 4.74 Å². The molecule has 0 saturated carbocycles. The van der Waals surface area contributed by atoms with Gasteiger partial charge in [-0.25, -0.2) is 4.68 Å².